The lowest BCUT2D eigenvalue weighted by atomic mass is 9.98. The standard InChI is InChI=1S/C25H25F3N6O3/c1-24(2,37)17-6-7-29-19(11-17)16-12-30-22(31-13-16)21-18-10-15(23(36)33(3)8-9-35)4-5-20(18)34(32-21)14-25(26,27)28/h4-7,10-13,35,37H,8-9,14H2,1-3H3. The number of aromatic nitrogens is 5. The van der Waals surface area contributed by atoms with Crippen LogP contribution in [0.4, 0.5) is 13.2 Å². The summed E-state index contributed by atoms with van der Waals surface area (Å²) >= 11 is 0. The van der Waals surface area contributed by atoms with Crippen molar-refractivity contribution < 1.29 is 28.2 Å². The van der Waals surface area contributed by atoms with E-state index in [1.54, 1.807) is 32.2 Å². The van der Waals surface area contributed by atoms with Gasteiger partial charge in [-0.2, -0.15) is 18.3 Å². The first-order chi connectivity index (χ1) is 17.4. The van der Waals surface area contributed by atoms with Gasteiger partial charge in [-0.25, -0.2) is 9.97 Å². The first-order valence-electron chi connectivity index (χ1n) is 11.3. The fraction of sp³-hybridized carbons (Fsp3) is 0.320. The van der Waals surface area contributed by atoms with Crippen molar-refractivity contribution in [2.24, 2.45) is 0 Å². The van der Waals surface area contributed by atoms with Crippen molar-refractivity contribution in [2.45, 2.75) is 32.2 Å². The highest BCUT2D eigenvalue weighted by molar-refractivity contribution is 6.01. The Balaban J connectivity index is 1.78. The number of rotatable bonds is 7. The number of fused-ring (bicyclic) bond motifs is 1. The quantitative estimate of drug-likeness (QED) is 0.388. The number of amides is 1. The molecule has 0 radical (unpaired) electrons. The van der Waals surface area contributed by atoms with Gasteiger partial charge in [-0.1, -0.05) is 0 Å². The van der Waals surface area contributed by atoms with E-state index in [0.29, 0.717) is 16.8 Å². The largest absolute Gasteiger partial charge is 0.408 e. The molecule has 4 aromatic rings. The van der Waals surface area contributed by atoms with E-state index in [2.05, 4.69) is 20.1 Å². The molecule has 0 spiro atoms. The topological polar surface area (TPSA) is 117 Å². The summed E-state index contributed by atoms with van der Waals surface area (Å²) in [5, 5.41) is 23.8. The molecule has 0 saturated carbocycles. The van der Waals surface area contributed by atoms with Gasteiger partial charge in [0.1, 0.15) is 12.2 Å². The van der Waals surface area contributed by atoms with Gasteiger partial charge in [-0.15, -0.1) is 0 Å². The Labute approximate surface area is 210 Å². The van der Waals surface area contributed by atoms with Gasteiger partial charge in [0.15, 0.2) is 5.82 Å². The highest BCUT2D eigenvalue weighted by atomic mass is 19.4. The van der Waals surface area contributed by atoms with Crippen LogP contribution < -0.4 is 0 Å². The lowest BCUT2D eigenvalue weighted by Crippen LogP contribution is -2.29. The number of carbonyl (C=O) groups is 1. The van der Waals surface area contributed by atoms with Crippen LogP contribution in [0.15, 0.2) is 48.9 Å². The molecule has 2 N–H and O–H groups in total. The van der Waals surface area contributed by atoms with Crippen LogP contribution in [0.5, 0.6) is 0 Å². The van der Waals surface area contributed by atoms with Crippen LogP contribution >= 0.6 is 0 Å². The van der Waals surface area contributed by atoms with Crippen molar-refractivity contribution in [3.8, 4) is 22.8 Å². The van der Waals surface area contributed by atoms with Crippen LogP contribution in [-0.2, 0) is 12.1 Å². The number of aliphatic hydroxyl groups excluding tert-OH is 1. The SMILES string of the molecule is CN(CCO)C(=O)c1ccc2c(c1)c(-c1ncc(-c3cc(C(C)(C)O)ccn3)cn1)nn2CC(F)(F)F. The Morgan fingerprint density at radius 3 is 2.41 bits per heavy atom. The summed E-state index contributed by atoms with van der Waals surface area (Å²) in [5.74, 6) is -0.332. The average Bonchev–Trinajstić information content (AvgIpc) is 3.19. The van der Waals surface area contributed by atoms with E-state index in [-0.39, 0.29) is 41.1 Å². The molecule has 12 heteroatoms. The van der Waals surface area contributed by atoms with Crippen LogP contribution in [0.3, 0.4) is 0 Å². The number of carbonyl (C=O) groups excluding carboxylic acids is 1. The van der Waals surface area contributed by atoms with Crippen LogP contribution in [0.2, 0.25) is 0 Å². The number of aliphatic hydroxyl groups is 2. The van der Waals surface area contributed by atoms with E-state index in [0.717, 1.165) is 4.68 Å². The zero-order chi connectivity index (χ0) is 27.0. The maximum absolute atomic E-state index is 13.2. The van der Waals surface area contributed by atoms with E-state index >= 15 is 0 Å². The molecule has 0 aliphatic heterocycles. The molecule has 3 aromatic heterocycles. The number of likely N-dealkylation sites (N-methyl/N-ethyl adjacent to an activating group) is 1. The van der Waals surface area contributed by atoms with Gasteiger partial charge in [0, 0.05) is 48.7 Å². The first-order valence-corrected chi connectivity index (χ1v) is 11.3. The van der Waals surface area contributed by atoms with Crippen molar-refractivity contribution in [3.63, 3.8) is 0 Å². The molecule has 4 rings (SSSR count). The normalized spacial score (nSPS) is 12.2. The molecule has 0 fully saturated rings. The third kappa shape index (κ3) is 5.75. The summed E-state index contributed by atoms with van der Waals surface area (Å²) in [6, 6.07) is 7.66. The van der Waals surface area contributed by atoms with Crippen LogP contribution in [-0.4, -0.2) is 72.1 Å². The molecule has 0 saturated heterocycles. The molecule has 37 heavy (non-hydrogen) atoms. The molecular weight excluding hydrogens is 489 g/mol. The molecule has 194 valence electrons. The van der Waals surface area contributed by atoms with E-state index < -0.39 is 24.2 Å². The zero-order valence-electron chi connectivity index (χ0n) is 20.4. The molecule has 1 aromatic carbocycles. The van der Waals surface area contributed by atoms with E-state index in [1.807, 2.05) is 0 Å². The third-order valence-corrected chi connectivity index (χ3v) is 5.73. The zero-order valence-corrected chi connectivity index (χ0v) is 20.4. The molecule has 0 aliphatic rings. The van der Waals surface area contributed by atoms with Gasteiger partial charge in [-0.3, -0.25) is 14.5 Å². The second kappa shape index (κ2) is 9.87. The Bertz CT molecular complexity index is 1430. The number of pyridine rings is 1. The van der Waals surface area contributed by atoms with Crippen molar-refractivity contribution in [2.75, 3.05) is 20.2 Å². The fourth-order valence-corrected chi connectivity index (χ4v) is 3.79. The Kier molecular flexibility index (Phi) is 6.98. The van der Waals surface area contributed by atoms with Gasteiger partial charge in [-0.05, 0) is 49.7 Å². The second-order valence-electron chi connectivity index (χ2n) is 9.09. The lowest BCUT2D eigenvalue weighted by Gasteiger charge is -2.18. The van der Waals surface area contributed by atoms with Crippen molar-refractivity contribution in [3.05, 3.63) is 60.0 Å². The summed E-state index contributed by atoms with van der Waals surface area (Å²) in [6.07, 6.45) is -0.0297. The van der Waals surface area contributed by atoms with Gasteiger partial charge >= 0.3 is 6.18 Å². The maximum Gasteiger partial charge on any atom is 0.408 e. The smallest absolute Gasteiger partial charge is 0.395 e. The molecular formula is C25H25F3N6O3. The average molecular weight is 515 g/mol. The summed E-state index contributed by atoms with van der Waals surface area (Å²) in [6.45, 7) is 1.84. The number of nitrogens with zero attached hydrogens (tertiary/aromatic N) is 6. The summed E-state index contributed by atoms with van der Waals surface area (Å²) in [7, 11) is 1.51. The van der Waals surface area contributed by atoms with Crippen molar-refractivity contribution in [1.82, 2.24) is 29.6 Å². The Morgan fingerprint density at radius 2 is 1.78 bits per heavy atom. The number of hydrogen-bond acceptors (Lipinski definition) is 7. The molecule has 3 heterocycles. The highest BCUT2D eigenvalue weighted by Crippen LogP contribution is 2.30. The van der Waals surface area contributed by atoms with Crippen LogP contribution in [0.1, 0.15) is 29.8 Å². The highest BCUT2D eigenvalue weighted by Gasteiger charge is 2.30. The molecule has 9 nitrogen and oxygen atoms in total. The first kappa shape index (κ1) is 26.2. The molecule has 0 bridgehead atoms. The predicted molar refractivity (Wildman–Crippen MR) is 129 cm³/mol. The van der Waals surface area contributed by atoms with Crippen molar-refractivity contribution in [1.29, 1.82) is 0 Å². The van der Waals surface area contributed by atoms with Gasteiger partial charge in [0.2, 0.25) is 0 Å². The summed E-state index contributed by atoms with van der Waals surface area (Å²) in [5.41, 5.74) is 1.09. The summed E-state index contributed by atoms with van der Waals surface area (Å²) in [4.78, 5) is 26.9. The number of benzene rings is 1. The minimum Gasteiger partial charge on any atom is -0.395 e. The third-order valence-electron chi connectivity index (χ3n) is 5.73. The number of alkyl halides is 3. The van der Waals surface area contributed by atoms with Crippen LogP contribution in [0, 0.1) is 0 Å². The molecule has 0 aliphatic carbocycles. The fourth-order valence-electron chi connectivity index (χ4n) is 3.79. The predicted octanol–water partition coefficient (Wildman–Crippen LogP) is 3.41. The minimum atomic E-state index is -4.52. The maximum atomic E-state index is 13.2. The summed E-state index contributed by atoms with van der Waals surface area (Å²) < 4.78 is 40.5. The molecule has 1 amide bonds. The Morgan fingerprint density at radius 1 is 1.08 bits per heavy atom. The molecule has 0 unspecified atom stereocenters. The lowest BCUT2D eigenvalue weighted by molar-refractivity contribution is -0.141. The molecule has 0 atom stereocenters. The minimum absolute atomic E-state index is 0.0710. The van der Waals surface area contributed by atoms with E-state index in [1.165, 1.54) is 42.5 Å². The number of hydrogen-bond donors (Lipinski definition) is 2. The van der Waals surface area contributed by atoms with Gasteiger partial charge in [0.05, 0.1) is 23.4 Å². The van der Waals surface area contributed by atoms with E-state index in [4.69, 9.17) is 5.11 Å². The Hall–Kier alpha value is -3.90. The van der Waals surface area contributed by atoms with Crippen molar-refractivity contribution >= 4 is 16.8 Å². The van der Waals surface area contributed by atoms with Gasteiger partial charge < -0.3 is 15.1 Å². The van der Waals surface area contributed by atoms with E-state index in [9.17, 15) is 23.1 Å². The number of halogens is 3. The van der Waals surface area contributed by atoms with Crippen LogP contribution in [0.25, 0.3) is 33.7 Å². The monoisotopic (exact) mass is 514 g/mol. The van der Waals surface area contributed by atoms with Gasteiger partial charge in [0.25, 0.3) is 5.91 Å². The second-order valence-corrected chi connectivity index (χ2v) is 9.09.